The lowest BCUT2D eigenvalue weighted by Crippen LogP contribution is -2.26. The van der Waals surface area contributed by atoms with Crippen molar-refractivity contribution in [2.45, 2.75) is 29.9 Å². The fraction of sp³-hybridized carbons (Fsp3) is 0.538. The first-order valence-electron chi connectivity index (χ1n) is 5.89. The van der Waals surface area contributed by atoms with E-state index in [4.69, 9.17) is 15.2 Å². The molecule has 17 heavy (non-hydrogen) atoms. The minimum atomic E-state index is 0.0415. The third-order valence-electron chi connectivity index (χ3n) is 2.60. The van der Waals surface area contributed by atoms with Crippen molar-refractivity contribution < 1.29 is 9.47 Å². The summed E-state index contributed by atoms with van der Waals surface area (Å²) >= 11 is 1.76. The molecular formula is C13H19NO2S. The molecule has 94 valence electrons. The fourth-order valence-electron chi connectivity index (χ4n) is 1.57. The highest BCUT2D eigenvalue weighted by Crippen LogP contribution is 2.38. The maximum atomic E-state index is 5.74. The second kappa shape index (κ2) is 5.19. The van der Waals surface area contributed by atoms with Crippen LogP contribution in [0, 0.1) is 0 Å². The van der Waals surface area contributed by atoms with Crippen LogP contribution in [0.5, 0.6) is 11.5 Å². The zero-order chi connectivity index (χ0) is 12.3. The highest BCUT2D eigenvalue weighted by Gasteiger charge is 2.19. The normalized spacial score (nSPS) is 15.5. The van der Waals surface area contributed by atoms with Crippen LogP contribution in [-0.4, -0.2) is 24.5 Å². The van der Waals surface area contributed by atoms with Crippen molar-refractivity contribution >= 4 is 11.8 Å². The predicted molar refractivity (Wildman–Crippen MR) is 71.0 cm³/mol. The number of ether oxygens (including phenoxy) is 2. The average molecular weight is 253 g/mol. The van der Waals surface area contributed by atoms with Crippen LogP contribution in [0.3, 0.4) is 0 Å². The van der Waals surface area contributed by atoms with Crippen molar-refractivity contribution in [3.8, 4) is 11.5 Å². The van der Waals surface area contributed by atoms with Crippen LogP contribution >= 0.6 is 11.8 Å². The number of hydrogen-bond donors (Lipinski definition) is 1. The number of benzene rings is 1. The van der Waals surface area contributed by atoms with Gasteiger partial charge in [-0.2, -0.15) is 0 Å². The van der Waals surface area contributed by atoms with Crippen molar-refractivity contribution in [3.05, 3.63) is 18.2 Å². The summed E-state index contributed by atoms with van der Waals surface area (Å²) in [4.78, 5) is 1.17. The Kier molecular flexibility index (Phi) is 3.84. The minimum absolute atomic E-state index is 0.0415. The summed E-state index contributed by atoms with van der Waals surface area (Å²) in [5.41, 5.74) is 5.74. The summed E-state index contributed by atoms with van der Waals surface area (Å²) in [6.07, 6.45) is 0.936. The van der Waals surface area contributed by atoms with Crippen LogP contribution in [0.15, 0.2) is 23.1 Å². The number of rotatable bonds is 3. The lowest BCUT2D eigenvalue weighted by atomic mass is 10.2. The molecular weight excluding hydrogens is 234 g/mol. The molecule has 0 unspecified atom stereocenters. The summed E-state index contributed by atoms with van der Waals surface area (Å²) < 4.78 is 11.3. The van der Waals surface area contributed by atoms with E-state index in [1.54, 1.807) is 11.8 Å². The molecule has 1 heterocycles. The summed E-state index contributed by atoms with van der Waals surface area (Å²) in [5.74, 6) is 1.69. The van der Waals surface area contributed by atoms with E-state index in [0.29, 0.717) is 6.54 Å². The quantitative estimate of drug-likeness (QED) is 0.841. The fourth-order valence-corrected chi connectivity index (χ4v) is 2.59. The van der Waals surface area contributed by atoms with E-state index >= 15 is 0 Å². The lowest BCUT2D eigenvalue weighted by Gasteiger charge is -2.22. The van der Waals surface area contributed by atoms with Gasteiger partial charge in [0.15, 0.2) is 11.5 Å². The first kappa shape index (κ1) is 12.6. The van der Waals surface area contributed by atoms with E-state index < -0.39 is 0 Å². The maximum Gasteiger partial charge on any atom is 0.162 e. The molecule has 1 aliphatic rings. The van der Waals surface area contributed by atoms with Crippen molar-refractivity contribution in [2.75, 3.05) is 19.8 Å². The van der Waals surface area contributed by atoms with Crippen LogP contribution < -0.4 is 15.2 Å². The van der Waals surface area contributed by atoms with E-state index in [1.807, 2.05) is 12.1 Å². The Balaban J connectivity index is 2.18. The largest absolute Gasteiger partial charge is 0.490 e. The molecule has 0 saturated carbocycles. The number of thioether (sulfide) groups is 1. The number of nitrogens with two attached hydrogens (primary N) is 1. The van der Waals surface area contributed by atoms with Gasteiger partial charge in [0.05, 0.1) is 13.2 Å². The highest BCUT2D eigenvalue weighted by molar-refractivity contribution is 8.00. The van der Waals surface area contributed by atoms with Gasteiger partial charge in [0, 0.05) is 22.6 Å². The van der Waals surface area contributed by atoms with Gasteiger partial charge >= 0.3 is 0 Å². The van der Waals surface area contributed by atoms with Gasteiger partial charge < -0.3 is 15.2 Å². The van der Waals surface area contributed by atoms with E-state index in [9.17, 15) is 0 Å². The first-order chi connectivity index (χ1) is 8.11. The minimum Gasteiger partial charge on any atom is -0.490 e. The molecule has 2 N–H and O–H groups in total. The van der Waals surface area contributed by atoms with Crippen LogP contribution in [0.25, 0.3) is 0 Å². The molecule has 0 bridgehead atoms. The van der Waals surface area contributed by atoms with E-state index in [1.165, 1.54) is 4.90 Å². The molecule has 4 heteroatoms. The molecule has 0 radical (unpaired) electrons. The standard InChI is InChI=1S/C13H19NO2S/c1-13(2,9-14)17-10-4-5-11-12(8-10)16-7-3-6-15-11/h4-5,8H,3,6-7,9,14H2,1-2H3. The summed E-state index contributed by atoms with van der Waals surface area (Å²) in [6.45, 7) is 6.38. The SMILES string of the molecule is CC(C)(CN)Sc1ccc2c(c1)OCCCO2. The molecule has 0 spiro atoms. The monoisotopic (exact) mass is 253 g/mol. The third-order valence-corrected chi connectivity index (χ3v) is 3.81. The second-order valence-corrected chi connectivity index (χ2v) is 6.51. The Hall–Kier alpha value is -0.870. The zero-order valence-corrected chi connectivity index (χ0v) is 11.2. The Bertz CT molecular complexity index is 393. The maximum absolute atomic E-state index is 5.74. The first-order valence-corrected chi connectivity index (χ1v) is 6.71. The van der Waals surface area contributed by atoms with Gasteiger partial charge in [-0.15, -0.1) is 11.8 Å². The van der Waals surface area contributed by atoms with Crippen LogP contribution in [0.4, 0.5) is 0 Å². The average Bonchev–Trinajstić information content (AvgIpc) is 2.53. The summed E-state index contributed by atoms with van der Waals surface area (Å²) in [5, 5.41) is 0. The summed E-state index contributed by atoms with van der Waals surface area (Å²) in [6, 6.07) is 6.09. The molecule has 1 aromatic carbocycles. The smallest absolute Gasteiger partial charge is 0.162 e. The molecule has 3 nitrogen and oxygen atoms in total. The molecule has 0 amide bonds. The molecule has 2 rings (SSSR count). The van der Waals surface area contributed by atoms with Crippen molar-refractivity contribution in [1.29, 1.82) is 0 Å². The van der Waals surface area contributed by atoms with Crippen LogP contribution in [0.1, 0.15) is 20.3 Å². The Morgan fingerprint density at radius 3 is 2.65 bits per heavy atom. The Morgan fingerprint density at radius 1 is 1.24 bits per heavy atom. The van der Waals surface area contributed by atoms with Gasteiger partial charge in [0.25, 0.3) is 0 Å². The molecule has 0 aromatic heterocycles. The van der Waals surface area contributed by atoms with E-state index in [0.717, 1.165) is 31.1 Å². The molecule has 1 aromatic rings. The van der Waals surface area contributed by atoms with Crippen LogP contribution in [0.2, 0.25) is 0 Å². The Morgan fingerprint density at radius 2 is 1.94 bits per heavy atom. The van der Waals surface area contributed by atoms with Crippen molar-refractivity contribution in [2.24, 2.45) is 5.73 Å². The zero-order valence-electron chi connectivity index (χ0n) is 10.4. The predicted octanol–water partition coefficient (Wildman–Crippen LogP) is 2.68. The van der Waals surface area contributed by atoms with Gasteiger partial charge in [-0.25, -0.2) is 0 Å². The summed E-state index contributed by atoms with van der Waals surface area (Å²) in [7, 11) is 0. The van der Waals surface area contributed by atoms with Gasteiger partial charge in [0.1, 0.15) is 0 Å². The number of fused-ring (bicyclic) bond motifs is 1. The highest BCUT2D eigenvalue weighted by atomic mass is 32.2. The molecule has 0 aliphatic carbocycles. The Labute approximate surface area is 107 Å². The van der Waals surface area contributed by atoms with Gasteiger partial charge in [0.2, 0.25) is 0 Å². The van der Waals surface area contributed by atoms with Gasteiger partial charge in [-0.1, -0.05) is 0 Å². The second-order valence-electron chi connectivity index (χ2n) is 4.72. The van der Waals surface area contributed by atoms with E-state index in [-0.39, 0.29) is 4.75 Å². The topological polar surface area (TPSA) is 44.5 Å². The van der Waals surface area contributed by atoms with Crippen molar-refractivity contribution in [1.82, 2.24) is 0 Å². The molecule has 0 fully saturated rings. The number of hydrogen-bond acceptors (Lipinski definition) is 4. The van der Waals surface area contributed by atoms with Gasteiger partial charge in [-0.3, -0.25) is 0 Å². The molecule has 1 aliphatic heterocycles. The molecule has 0 saturated heterocycles. The van der Waals surface area contributed by atoms with Crippen molar-refractivity contribution in [3.63, 3.8) is 0 Å². The van der Waals surface area contributed by atoms with Crippen LogP contribution in [-0.2, 0) is 0 Å². The third kappa shape index (κ3) is 3.30. The lowest BCUT2D eigenvalue weighted by molar-refractivity contribution is 0.297. The van der Waals surface area contributed by atoms with E-state index in [2.05, 4.69) is 19.9 Å². The molecule has 0 atom stereocenters. The van der Waals surface area contributed by atoms with Gasteiger partial charge in [-0.05, 0) is 32.0 Å².